The van der Waals surface area contributed by atoms with E-state index < -0.39 is 0 Å². The minimum Gasteiger partial charge on any atom is -0.312 e. The van der Waals surface area contributed by atoms with Crippen LogP contribution in [0, 0.1) is 0 Å². The normalized spacial score (nSPS) is 20.7. The Morgan fingerprint density at radius 3 is 3.00 bits per heavy atom. The zero-order valence-corrected chi connectivity index (χ0v) is 9.71. The van der Waals surface area contributed by atoms with Crippen molar-refractivity contribution in [2.75, 3.05) is 6.54 Å². The van der Waals surface area contributed by atoms with Crippen molar-refractivity contribution < 1.29 is 0 Å². The van der Waals surface area contributed by atoms with Gasteiger partial charge in [-0.1, -0.05) is 0 Å². The first-order valence-electron chi connectivity index (χ1n) is 4.89. The van der Waals surface area contributed by atoms with Crippen LogP contribution in [-0.2, 0) is 6.54 Å². The summed E-state index contributed by atoms with van der Waals surface area (Å²) < 4.78 is 1.91. The van der Waals surface area contributed by atoms with Crippen LogP contribution in [0.15, 0.2) is 20.3 Å². The first kappa shape index (κ1) is 10.6. The van der Waals surface area contributed by atoms with Crippen LogP contribution in [0.3, 0.4) is 0 Å². The lowest BCUT2D eigenvalue weighted by molar-refractivity contribution is 0.491. The van der Waals surface area contributed by atoms with E-state index in [1.54, 1.807) is 6.20 Å². The zero-order chi connectivity index (χ0) is 10.8. The van der Waals surface area contributed by atoms with Crippen molar-refractivity contribution in [2.45, 2.75) is 25.4 Å². The number of H-pyrrole nitrogens is 1. The van der Waals surface area contributed by atoms with Crippen LogP contribution in [0.25, 0.3) is 0 Å². The van der Waals surface area contributed by atoms with E-state index in [0.29, 0.717) is 17.1 Å². The molecule has 1 aliphatic rings. The van der Waals surface area contributed by atoms with Crippen LogP contribution in [0.5, 0.6) is 0 Å². The second-order valence-corrected chi connectivity index (χ2v) is 4.54. The van der Waals surface area contributed by atoms with Crippen LogP contribution in [0.4, 0.5) is 0 Å². The average Bonchev–Trinajstić information content (AvgIpc) is 2.67. The van der Waals surface area contributed by atoms with Gasteiger partial charge < -0.3 is 5.32 Å². The molecule has 0 radical (unpaired) electrons. The molecule has 0 aromatic carbocycles. The fourth-order valence-corrected chi connectivity index (χ4v) is 2.11. The Kier molecular flexibility index (Phi) is 3.06. The maximum Gasteiger partial charge on any atom is 0.328 e. The number of hydrogen-bond donors (Lipinski definition) is 2. The average molecular weight is 274 g/mol. The van der Waals surface area contributed by atoms with Crippen molar-refractivity contribution >= 4 is 15.9 Å². The highest BCUT2D eigenvalue weighted by Crippen LogP contribution is 2.07. The van der Waals surface area contributed by atoms with Gasteiger partial charge in [0.15, 0.2) is 0 Å². The van der Waals surface area contributed by atoms with E-state index in [1.807, 2.05) is 0 Å². The predicted molar refractivity (Wildman–Crippen MR) is 60.0 cm³/mol. The third kappa shape index (κ3) is 2.38. The third-order valence-corrected chi connectivity index (χ3v) is 3.11. The van der Waals surface area contributed by atoms with Crippen molar-refractivity contribution in [1.82, 2.24) is 14.9 Å². The van der Waals surface area contributed by atoms with Gasteiger partial charge in [0.05, 0.1) is 4.47 Å². The molecule has 2 heterocycles. The summed E-state index contributed by atoms with van der Waals surface area (Å²) in [6.07, 6.45) is 3.76. The maximum atomic E-state index is 11.4. The van der Waals surface area contributed by atoms with Crippen LogP contribution in [0.2, 0.25) is 0 Å². The molecule has 1 aromatic rings. The minimum atomic E-state index is -0.379. The number of rotatable bonds is 2. The Bertz CT molecular complexity index is 459. The molecule has 6 heteroatoms. The van der Waals surface area contributed by atoms with Crippen LogP contribution in [0.1, 0.15) is 12.8 Å². The summed E-state index contributed by atoms with van der Waals surface area (Å²) >= 11 is 3.11. The number of halogens is 1. The van der Waals surface area contributed by atoms with E-state index in [1.165, 1.54) is 4.57 Å². The van der Waals surface area contributed by atoms with Crippen molar-refractivity contribution in [2.24, 2.45) is 0 Å². The molecule has 0 saturated carbocycles. The first-order valence-corrected chi connectivity index (χ1v) is 5.69. The lowest BCUT2D eigenvalue weighted by atomic mass is 10.2. The van der Waals surface area contributed by atoms with E-state index in [2.05, 4.69) is 26.2 Å². The van der Waals surface area contributed by atoms with Gasteiger partial charge in [0.2, 0.25) is 0 Å². The molecule has 1 atom stereocenters. The molecule has 1 saturated heterocycles. The minimum absolute atomic E-state index is 0.334. The standard InChI is InChI=1S/C9H12BrN3O2/c10-7-5-13(9(15)12-8(7)14)4-6-2-1-3-11-6/h5-6,11H,1-4H2,(H,12,14,15)/t6-/m0/s1. The molecule has 1 fully saturated rings. The van der Waals surface area contributed by atoms with E-state index >= 15 is 0 Å². The van der Waals surface area contributed by atoms with Crippen molar-refractivity contribution in [3.05, 3.63) is 31.5 Å². The fraction of sp³-hybridized carbons (Fsp3) is 0.556. The van der Waals surface area contributed by atoms with E-state index in [9.17, 15) is 9.59 Å². The number of hydrogen-bond acceptors (Lipinski definition) is 3. The summed E-state index contributed by atoms with van der Waals surface area (Å²) in [5, 5.41) is 3.30. The van der Waals surface area contributed by atoms with Gasteiger partial charge in [0.25, 0.3) is 5.56 Å². The lowest BCUT2D eigenvalue weighted by Gasteiger charge is -2.11. The summed E-state index contributed by atoms with van der Waals surface area (Å²) in [7, 11) is 0. The van der Waals surface area contributed by atoms with E-state index in [-0.39, 0.29) is 11.2 Å². The molecule has 5 nitrogen and oxygen atoms in total. The van der Waals surface area contributed by atoms with Crippen LogP contribution >= 0.6 is 15.9 Å². The molecule has 1 aromatic heterocycles. The lowest BCUT2D eigenvalue weighted by Crippen LogP contribution is -2.36. The van der Waals surface area contributed by atoms with Gasteiger partial charge in [-0.2, -0.15) is 0 Å². The molecule has 2 rings (SSSR count). The van der Waals surface area contributed by atoms with Gasteiger partial charge in [0, 0.05) is 18.8 Å². The molecule has 15 heavy (non-hydrogen) atoms. The van der Waals surface area contributed by atoms with Crippen molar-refractivity contribution in [3.8, 4) is 0 Å². The molecule has 0 bridgehead atoms. The molecule has 82 valence electrons. The number of aromatic nitrogens is 2. The third-order valence-electron chi connectivity index (χ3n) is 2.55. The summed E-state index contributed by atoms with van der Waals surface area (Å²) in [6.45, 7) is 1.61. The second kappa shape index (κ2) is 4.32. The zero-order valence-electron chi connectivity index (χ0n) is 8.12. The first-order chi connectivity index (χ1) is 7.16. The van der Waals surface area contributed by atoms with Gasteiger partial charge in [-0.15, -0.1) is 0 Å². The van der Waals surface area contributed by atoms with Crippen LogP contribution < -0.4 is 16.6 Å². The monoisotopic (exact) mass is 273 g/mol. The molecular weight excluding hydrogens is 262 g/mol. The molecule has 1 aliphatic heterocycles. The van der Waals surface area contributed by atoms with Crippen LogP contribution in [-0.4, -0.2) is 22.1 Å². The quantitative estimate of drug-likeness (QED) is 0.801. The Hall–Kier alpha value is -0.880. The number of aromatic amines is 1. The Morgan fingerprint density at radius 1 is 1.53 bits per heavy atom. The van der Waals surface area contributed by atoms with Gasteiger partial charge in [0.1, 0.15) is 0 Å². The molecule has 0 amide bonds. The Balaban J connectivity index is 2.24. The topological polar surface area (TPSA) is 66.9 Å². The van der Waals surface area contributed by atoms with E-state index in [0.717, 1.165) is 19.4 Å². The molecular formula is C9H12BrN3O2. The van der Waals surface area contributed by atoms with Gasteiger partial charge in [-0.05, 0) is 35.3 Å². The Labute approximate surface area is 94.6 Å². The SMILES string of the molecule is O=c1[nH]c(=O)n(C[C@@H]2CCCN2)cc1Br. The summed E-state index contributed by atoms with van der Waals surface area (Å²) in [5.41, 5.74) is -0.729. The highest BCUT2D eigenvalue weighted by atomic mass is 79.9. The largest absolute Gasteiger partial charge is 0.328 e. The molecule has 0 aliphatic carbocycles. The van der Waals surface area contributed by atoms with Gasteiger partial charge >= 0.3 is 5.69 Å². The van der Waals surface area contributed by atoms with E-state index in [4.69, 9.17) is 0 Å². The Morgan fingerprint density at radius 2 is 2.33 bits per heavy atom. The second-order valence-electron chi connectivity index (χ2n) is 3.68. The highest BCUT2D eigenvalue weighted by Gasteiger charge is 2.15. The number of nitrogens with one attached hydrogen (secondary N) is 2. The van der Waals surface area contributed by atoms with Crippen molar-refractivity contribution in [3.63, 3.8) is 0 Å². The summed E-state index contributed by atoms with van der Waals surface area (Å²) in [6, 6.07) is 0.334. The molecule has 2 N–H and O–H groups in total. The highest BCUT2D eigenvalue weighted by molar-refractivity contribution is 9.10. The number of nitrogens with zero attached hydrogens (tertiary/aromatic N) is 1. The maximum absolute atomic E-state index is 11.4. The molecule has 0 unspecified atom stereocenters. The summed E-state index contributed by atoms with van der Waals surface area (Å²) in [4.78, 5) is 24.8. The smallest absolute Gasteiger partial charge is 0.312 e. The summed E-state index contributed by atoms with van der Waals surface area (Å²) in [5.74, 6) is 0. The van der Waals surface area contributed by atoms with Crippen molar-refractivity contribution in [1.29, 1.82) is 0 Å². The fourth-order valence-electron chi connectivity index (χ4n) is 1.77. The van der Waals surface area contributed by atoms with Gasteiger partial charge in [-0.25, -0.2) is 4.79 Å². The van der Waals surface area contributed by atoms with Gasteiger partial charge in [-0.3, -0.25) is 14.3 Å². The predicted octanol–water partition coefficient (Wildman–Crippen LogP) is 0.0511. The molecule has 0 spiro atoms.